The van der Waals surface area contributed by atoms with Crippen LogP contribution < -0.4 is 11.0 Å². The monoisotopic (exact) mass is 333 g/mol. The Morgan fingerprint density at radius 1 is 1.16 bits per heavy atom. The number of hydrogen-bond acceptors (Lipinski definition) is 4. The summed E-state index contributed by atoms with van der Waals surface area (Å²) in [7, 11) is 0. The van der Waals surface area contributed by atoms with Crippen molar-refractivity contribution < 1.29 is 0 Å². The van der Waals surface area contributed by atoms with Crippen LogP contribution in [0.2, 0.25) is 0 Å². The molecule has 0 unspecified atom stereocenters. The summed E-state index contributed by atoms with van der Waals surface area (Å²) in [5.74, 6) is 0.758. The zero-order valence-electron chi connectivity index (χ0n) is 14.2. The molecule has 0 radical (unpaired) electrons. The van der Waals surface area contributed by atoms with Crippen molar-refractivity contribution in [3.63, 3.8) is 0 Å². The summed E-state index contributed by atoms with van der Waals surface area (Å²) in [5.41, 5.74) is 3.54. The molecule has 0 saturated carbocycles. The average molecular weight is 333 g/mol. The highest BCUT2D eigenvalue weighted by Gasteiger charge is 2.13. The first-order valence-corrected chi connectivity index (χ1v) is 8.30. The van der Waals surface area contributed by atoms with Crippen LogP contribution in [0.15, 0.2) is 53.6 Å². The molecule has 126 valence electrons. The van der Waals surface area contributed by atoms with Crippen LogP contribution in [0.25, 0.3) is 21.9 Å². The number of anilines is 1. The summed E-state index contributed by atoms with van der Waals surface area (Å²) < 4.78 is 1.74. The van der Waals surface area contributed by atoms with Crippen LogP contribution >= 0.6 is 0 Å². The van der Waals surface area contributed by atoms with Gasteiger partial charge in [-0.3, -0.25) is 4.57 Å². The standard InChI is InChI=1S/C19H19N5O/c1-12(2)24-17-9-15-14(8-16(17)23-19(24)25)18(22-11-21-15)20-10-13-6-4-3-5-7-13/h3-9,11-12H,10H2,1-2H3,(H,23,25)(H,20,21,22). The van der Waals surface area contributed by atoms with Crippen molar-refractivity contribution in [1.82, 2.24) is 19.5 Å². The van der Waals surface area contributed by atoms with E-state index in [0.717, 1.165) is 27.8 Å². The van der Waals surface area contributed by atoms with E-state index in [9.17, 15) is 4.79 Å². The molecule has 0 aliphatic heterocycles. The molecule has 2 aromatic heterocycles. The van der Waals surface area contributed by atoms with Crippen LogP contribution in [-0.4, -0.2) is 19.5 Å². The first-order chi connectivity index (χ1) is 12.1. The lowest BCUT2D eigenvalue weighted by Crippen LogP contribution is -2.18. The third-order valence-corrected chi connectivity index (χ3v) is 4.29. The highest BCUT2D eigenvalue weighted by atomic mass is 16.1. The predicted octanol–water partition coefficient (Wildman–Crippen LogP) is 3.47. The van der Waals surface area contributed by atoms with E-state index in [0.29, 0.717) is 6.54 Å². The minimum atomic E-state index is -0.105. The maximum Gasteiger partial charge on any atom is 0.326 e. The molecule has 6 nitrogen and oxygen atoms in total. The fourth-order valence-electron chi connectivity index (χ4n) is 3.11. The molecule has 0 fully saturated rings. The number of hydrogen-bond donors (Lipinski definition) is 2. The van der Waals surface area contributed by atoms with Gasteiger partial charge in [0.2, 0.25) is 0 Å². The van der Waals surface area contributed by atoms with Gasteiger partial charge >= 0.3 is 5.69 Å². The van der Waals surface area contributed by atoms with Crippen LogP contribution in [0.5, 0.6) is 0 Å². The Balaban J connectivity index is 1.80. The molecule has 25 heavy (non-hydrogen) atoms. The predicted molar refractivity (Wildman–Crippen MR) is 99.8 cm³/mol. The van der Waals surface area contributed by atoms with E-state index >= 15 is 0 Å². The summed E-state index contributed by atoms with van der Waals surface area (Å²) in [6.07, 6.45) is 1.55. The fourth-order valence-corrected chi connectivity index (χ4v) is 3.11. The van der Waals surface area contributed by atoms with Gasteiger partial charge in [0.15, 0.2) is 0 Å². The number of benzene rings is 2. The van der Waals surface area contributed by atoms with Gasteiger partial charge in [0.25, 0.3) is 0 Å². The van der Waals surface area contributed by atoms with Crippen LogP contribution in [0.3, 0.4) is 0 Å². The Hall–Kier alpha value is -3.15. The average Bonchev–Trinajstić information content (AvgIpc) is 2.93. The van der Waals surface area contributed by atoms with Gasteiger partial charge in [0.05, 0.1) is 16.6 Å². The molecule has 0 atom stereocenters. The Kier molecular flexibility index (Phi) is 3.72. The summed E-state index contributed by atoms with van der Waals surface area (Å²) >= 11 is 0. The van der Waals surface area contributed by atoms with Crippen molar-refractivity contribution in [3.05, 3.63) is 64.8 Å². The number of fused-ring (bicyclic) bond motifs is 2. The molecule has 4 rings (SSSR count). The number of aromatic nitrogens is 4. The van der Waals surface area contributed by atoms with E-state index in [2.05, 4.69) is 32.4 Å². The second kappa shape index (κ2) is 6.05. The number of rotatable bonds is 4. The second-order valence-electron chi connectivity index (χ2n) is 6.34. The second-order valence-corrected chi connectivity index (χ2v) is 6.34. The van der Waals surface area contributed by atoms with Gasteiger partial charge in [-0.25, -0.2) is 14.8 Å². The molecular weight excluding hydrogens is 314 g/mol. The van der Waals surface area contributed by atoms with Crippen molar-refractivity contribution in [1.29, 1.82) is 0 Å². The van der Waals surface area contributed by atoms with Crippen LogP contribution in [0, 0.1) is 0 Å². The largest absolute Gasteiger partial charge is 0.365 e. The third-order valence-electron chi connectivity index (χ3n) is 4.29. The molecule has 2 aromatic carbocycles. The van der Waals surface area contributed by atoms with Crippen molar-refractivity contribution >= 4 is 27.8 Å². The fraction of sp³-hybridized carbons (Fsp3) is 0.211. The van der Waals surface area contributed by atoms with Gasteiger partial charge in [-0.05, 0) is 31.5 Å². The lowest BCUT2D eigenvalue weighted by Gasteiger charge is -2.10. The lowest BCUT2D eigenvalue weighted by molar-refractivity contribution is 0.598. The molecule has 6 heteroatoms. The van der Waals surface area contributed by atoms with Crippen molar-refractivity contribution in [3.8, 4) is 0 Å². The zero-order chi connectivity index (χ0) is 17.4. The molecule has 0 amide bonds. The van der Waals surface area contributed by atoms with Crippen molar-refractivity contribution in [2.75, 3.05) is 5.32 Å². The van der Waals surface area contributed by atoms with E-state index < -0.39 is 0 Å². The number of nitrogens with one attached hydrogen (secondary N) is 2. The number of nitrogens with zero attached hydrogens (tertiary/aromatic N) is 3. The summed E-state index contributed by atoms with van der Waals surface area (Å²) in [5, 5.41) is 4.25. The zero-order valence-corrected chi connectivity index (χ0v) is 14.2. The summed E-state index contributed by atoms with van der Waals surface area (Å²) in [6, 6.07) is 14.1. The molecule has 0 saturated heterocycles. The van der Waals surface area contributed by atoms with E-state index in [-0.39, 0.29) is 11.7 Å². The Labute approximate surface area is 144 Å². The van der Waals surface area contributed by atoms with E-state index in [1.807, 2.05) is 44.2 Å². The minimum Gasteiger partial charge on any atom is -0.365 e. The number of aromatic amines is 1. The quantitative estimate of drug-likeness (QED) is 0.600. The molecule has 2 N–H and O–H groups in total. The highest BCUT2D eigenvalue weighted by molar-refractivity contribution is 5.98. The Morgan fingerprint density at radius 3 is 2.72 bits per heavy atom. The molecule has 0 aliphatic rings. The molecule has 0 bridgehead atoms. The van der Waals surface area contributed by atoms with E-state index in [4.69, 9.17) is 0 Å². The molecule has 0 spiro atoms. The normalized spacial score (nSPS) is 11.5. The van der Waals surface area contributed by atoms with Gasteiger partial charge in [-0.2, -0.15) is 0 Å². The van der Waals surface area contributed by atoms with Crippen molar-refractivity contribution in [2.45, 2.75) is 26.4 Å². The molecule has 4 aromatic rings. The topological polar surface area (TPSA) is 75.6 Å². The Morgan fingerprint density at radius 2 is 1.96 bits per heavy atom. The van der Waals surface area contributed by atoms with Crippen molar-refractivity contribution in [2.24, 2.45) is 0 Å². The molecule has 0 aliphatic carbocycles. The number of imidazole rings is 1. The molecule has 2 heterocycles. The highest BCUT2D eigenvalue weighted by Crippen LogP contribution is 2.25. The Bertz CT molecular complexity index is 1100. The van der Waals surface area contributed by atoms with Gasteiger partial charge in [-0.1, -0.05) is 30.3 Å². The minimum absolute atomic E-state index is 0.0798. The van der Waals surface area contributed by atoms with E-state index in [1.54, 1.807) is 10.9 Å². The summed E-state index contributed by atoms with van der Waals surface area (Å²) in [6.45, 7) is 4.66. The van der Waals surface area contributed by atoms with E-state index in [1.165, 1.54) is 5.56 Å². The summed E-state index contributed by atoms with van der Waals surface area (Å²) in [4.78, 5) is 23.9. The third kappa shape index (κ3) is 2.76. The first-order valence-electron chi connectivity index (χ1n) is 8.30. The smallest absolute Gasteiger partial charge is 0.326 e. The van der Waals surface area contributed by atoms with Gasteiger partial charge < -0.3 is 10.3 Å². The van der Waals surface area contributed by atoms with Crippen LogP contribution in [0.1, 0.15) is 25.5 Å². The first kappa shape index (κ1) is 15.4. The van der Waals surface area contributed by atoms with Gasteiger partial charge in [-0.15, -0.1) is 0 Å². The van der Waals surface area contributed by atoms with Crippen LogP contribution in [-0.2, 0) is 6.54 Å². The number of H-pyrrole nitrogens is 1. The van der Waals surface area contributed by atoms with Gasteiger partial charge in [0.1, 0.15) is 12.1 Å². The van der Waals surface area contributed by atoms with Crippen LogP contribution in [0.4, 0.5) is 5.82 Å². The lowest BCUT2D eigenvalue weighted by atomic mass is 10.2. The maximum absolute atomic E-state index is 12.2. The maximum atomic E-state index is 12.2. The van der Waals surface area contributed by atoms with Gasteiger partial charge in [0, 0.05) is 18.0 Å². The molecular formula is C19H19N5O. The SMILES string of the molecule is CC(C)n1c(=O)[nH]c2cc3c(NCc4ccccc4)ncnc3cc21.